The van der Waals surface area contributed by atoms with Crippen molar-refractivity contribution in [2.75, 3.05) is 0 Å². The number of nitrogens with zero attached hydrogens (tertiary/aromatic N) is 5. The number of hydrogen-bond donors (Lipinski definition) is 0. The van der Waals surface area contributed by atoms with E-state index in [1.807, 2.05) is 48.9 Å². The third-order valence-corrected chi connectivity index (χ3v) is 10.5. The lowest BCUT2D eigenvalue weighted by Gasteiger charge is -2.09. The molecule has 7 aromatic heterocycles. The van der Waals surface area contributed by atoms with Crippen molar-refractivity contribution in [3.05, 3.63) is 152 Å². The van der Waals surface area contributed by atoms with Gasteiger partial charge in [0.15, 0.2) is 5.58 Å². The zero-order valence-electron chi connectivity index (χ0n) is 27.5. The van der Waals surface area contributed by atoms with Crippen molar-refractivity contribution in [1.82, 2.24) is 24.1 Å². The quantitative estimate of drug-likeness (QED) is 0.187. The predicted molar refractivity (Wildman–Crippen MR) is 208 cm³/mol. The molecule has 0 unspecified atom stereocenters. The minimum absolute atomic E-state index is 0.835. The first-order valence-electron chi connectivity index (χ1n) is 17.3. The first-order valence-corrected chi connectivity index (χ1v) is 17.3. The minimum atomic E-state index is 0.835. The molecular formula is C45H25N5O2. The number of rotatable bonds is 3. The van der Waals surface area contributed by atoms with Gasteiger partial charge >= 0.3 is 0 Å². The Morgan fingerprint density at radius 2 is 1.06 bits per heavy atom. The largest absolute Gasteiger partial charge is 0.455 e. The van der Waals surface area contributed by atoms with Gasteiger partial charge in [0.2, 0.25) is 0 Å². The highest BCUT2D eigenvalue weighted by molar-refractivity contribution is 6.14. The molecular weight excluding hydrogens is 643 g/mol. The molecule has 7 nitrogen and oxygen atoms in total. The van der Waals surface area contributed by atoms with Gasteiger partial charge in [-0.3, -0.25) is 15.0 Å². The highest BCUT2D eigenvalue weighted by atomic mass is 16.3. The molecule has 0 saturated heterocycles. The van der Waals surface area contributed by atoms with Crippen molar-refractivity contribution in [2.45, 2.75) is 0 Å². The van der Waals surface area contributed by atoms with E-state index >= 15 is 0 Å². The van der Waals surface area contributed by atoms with Gasteiger partial charge in [0, 0.05) is 56.8 Å². The number of fused-ring (bicyclic) bond motifs is 12. The van der Waals surface area contributed by atoms with Crippen LogP contribution in [-0.2, 0) is 0 Å². The van der Waals surface area contributed by atoms with E-state index in [9.17, 15) is 0 Å². The zero-order valence-corrected chi connectivity index (χ0v) is 27.5. The van der Waals surface area contributed by atoms with Gasteiger partial charge in [-0.25, -0.2) is 0 Å². The van der Waals surface area contributed by atoms with E-state index < -0.39 is 0 Å². The molecule has 7 heterocycles. The monoisotopic (exact) mass is 667 g/mol. The average Bonchev–Trinajstić information content (AvgIpc) is 3.95. The molecule has 0 radical (unpaired) electrons. The molecule has 7 heteroatoms. The van der Waals surface area contributed by atoms with Crippen LogP contribution in [0.5, 0.6) is 0 Å². The molecule has 0 spiro atoms. The fraction of sp³-hybridized carbons (Fsp3) is 0. The fourth-order valence-corrected chi connectivity index (χ4v) is 8.25. The first kappa shape index (κ1) is 27.6. The summed E-state index contributed by atoms with van der Waals surface area (Å²) >= 11 is 0. The van der Waals surface area contributed by atoms with Crippen LogP contribution in [0.1, 0.15) is 0 Å². The standard InChI is InChI=1S/C45H25N5O2/c1-2-16-39-29(8-1)30-11-4-12-38(45(30)52-39)50-34-19-17-26(24-33(34)41-35(50)13-5-21-46-41)28-9-3-10-31-32-25-27(18-20-40(32)51-44(28)31)49-36-14-6-22-47-42(36)43-37(49)15-7-23-48-43/h1-25H. The molecule has 52 heavy (non-hydrogen) atoms. The molecule has 242 valence electrons. The summed E-state index contributed by atoms with van der Waals surface area (Å²) < 4.78 is 17.7. The maximum Gasteiger partial charge on any atom is 0.159 e. The fourth-order valence-electron chi connectivity index (χ4n) is 8.25. The summed E-state index contributed by atoms with van der Waals surface area (Å²) in [7, 11) is 0. The highest BCUT2D eigenvalue weighted by Gasteiger charge is 2.21. The van der Waals surface area contributed by atoms with Crippen LogP contribution in [0, 0.1) is 0 Å². The minimum Gasteiger partial charge on any atom is -0.455 e. The van der Waals surface area contributed by atoms with Crippen LogP contribution in [0.2, 0.25) is 0 Å². The van der Waals surface area contributed by atoms with Crippen molar-refractivity contribution in [3.8, 4) is 22.5 Å². The molecule has 12 rings (SSSR count). The van der Waals surface area contributed by atoms with Crippen molar-refractivity contribution >= 4 is 87.9 Å². The topological polar surface area (TPSA) is 74.8 Å². The molecule has 0 N–H and O–H groups in total. The van der Waals surface area contributed by atoms with Crippen LogP contribution in [0.3, 0.4) is 0 Å². The second-order valence-electron chi connectivity index (χ2n) is 13.2. The second kappa shape index (κ2) is 10.2. The smallest absolute Gasteiger partial charge is 0.159 e. The molecule has 0 aliphatic heterocycles. The summed E-state index contributed by atoms with van der Waals surface area (Å²) in [5.41, 5.74) is 14.3. The number of hydrogen-bond acceptors (Lipinski definition) is 5. The molecule has 0 saturated carbocycles. The number of aromatic nitrogens is 5. The first-order chi connectivity index (χ1) is 25.8. The highest BCUT2D eigenvalue weighted by Crippen LogP contribution is 2.41. The molecule has 5 aromatic carbocycles. The van der Waals surface area contributed by atoms with Gasteiger partial charge in [0.25, 0.3) is 0 Å². The molecule has 0 aliphatic rings. The van der Waals surface area contributed by atoms with Crippen LogP contribution in [0.4, 0.5) is 0 Å². The van der Waals surface area contributed by atoms with Gasteiger partial charge in [-0.2, -0.15) is 0 Å². The predicted octanol–water partition coefficient (Wildman–Crippen LogP) is 11.5. The Labute approximate surface area is 294 Å². The van der Waals surface area contributed by atoms with E-state index in [0.29, 0.717) is 0 Å². The van der Waals surface area contributed by atoms with Crippen molar-refractivity contribution in [3.63, 3.8) is 0 Å². The van der Waals surface area contributed by atoms with Crippen LogP contribution in [-0.4, -0.2) is 24.1 Å². The third kappa shape index (κ3) is 3.66. The lowest BCUT2D eigenvalue weighted by atomic mass is 10.0. The molecule has 0 atom stereocenters. The van der Waals surface area contributed by atoms with Gasteiger partial charge in [-0.15, -0.1) is 0 Å². The van der Waals surface area contributed by atoms with E-state index in [4.69, 9.17) is 13.8 Å². The summed E-state index contributed by atoms with van der Waals surface area (Å²) in [5.74, 6) is 0. The van der Waals surface area contributed by atoms with E-state index in [0.717, 1.165) is 110 Å². The maximum absolute atomic E-state index is 6.67. The van der Waals surface area contributed by atoms with Crippen molar-refractivity contribution < 1.29 is 8.83 Å². The van der Waals surface area contributed by atoms with Crippen LogP contribution in [0.15, 0.2) is 161 Å². The van der Waals surface area contributed by atoms with E-state index in [-0.39, 0.29) is 0 Å². The van der Waals surface area contributed by atoms with E-state index in [1.54, 1.807) is 0 Å². The molecule has 0 aliphatic carbocycles. The normalized spacial score (nSPS) is 12.2. The van der Waals surface area contributed by atoms with Gasteiger partial charge in [0.1, 0.15) is 27.8 Å². The molecule has 0 fully saturated rings. The summed E-state index contributed by atoms with van der Waals surface area (Å²) in [6.07, 6.45) is 5.50. The average molecular weight is 668 g/mol. The Balaban J connectivity index is 1.06. The van der Waals surface area contributed by atoms with Gasteiger partial charge < -0.3 is 18.0 Å². The van der Waals surface area contributed by atoms with Crippen molar-refractivity contribution in [2.24, 2.45) is 0 Å². The number of benzene rings is 5. The lowest BCUT2D eigenvalue weighted by molar-refractivity contribution is 0.666. The van der Waals surface area contributed by atoms with E-state index in [1.165, 1.54) is 0 Å². The number of para-hydroxylation sites is 3. The number of furan rings is 2. The van der Waals surface area contributed by atoms with Gasteiger partial charge in [-0.1, -0.05) is 54.6 Å². The Hall–Kier alpha value is -7.25. The lowest BCUT2D eigenvalue weighted by Crippen LogP contribution is -1.94. The Morgan fingerprint density at radius 3 is 1.87 bits per heavy atom. The Morgan fingerprint density at radius 1 is 0.404 bits per heavy atom. The summed E-state index contributed by atoms with van der Waals surface area (Å²) in [6.45, 7) is 0. The Kier molecular flexibility index (Phi) is 5.38. The van der Waals surface area contributed by atoms with Crippen LogP contribution >= 0.6 is 0 Å². The third-order valence-electron chi connectivity index (χ3n) is 10.5. The summed E-state index contributed by atoms with van der Waals surface area (Å²) in [5, 5.41) is 5.37. The van der Waals surface area contributed by atoms with Gasteiger partial charge in [0.05, 0.1) is 33.3 Å². The number of pyridine rings is 3. The molecule has 0 bridgehead atoms. The van der Waals surface area contributed by atoms with Crippen molar-refractivity contribution in [1.29, 1.82) is 0 Å². The summed E-state index contributed by atoms with van der Waals surface area (Å²) in [4.78, 5) is 14.2. The maximum atomic E-state index is 6.67. The molecule has 12 aromatic rings. The van der Waals surface area contributed by atoms with Crippen LogP contribution < -0.4 is 0 Å². The van der Waals surface area contributed by atoms with E-state index in [2.05, 4.69) is 122 Å². The zero-order chi connectivity index (χ0) is 33.9. The molecule has 0 amide bonds. The SMILES string of the molecule is c1ccc2c(c1)oc1c(-n3c4ccc(-c5cccc6c5oc5ccc(-n7c8cccnc8c8ncccc87)cc56)cc4c4ncccc43)cccc12. The summed E-state index contributed by atoms with van der Waals surface area (Å²) in [6, 6.07) is 46.2. The Bertz CT molecular complexity index is 3380. The van der Waals surface area contributed by atoms with Crippen LogP contribution in [0.25, 0.3) is 110 Å². The second-order valence-corrected chi connectivity index (χ2v) is 13.2. The van der Waals surface area contributed by atoms with Gasteiger partial charge in [-0.05, 0) is 84.4 Å².